The van der Waals surface area contributed by atoms with E-state index in [-0.39, 0.29) is 12.0 Å². The number of likely N-dealkylation sites (tertiary alicyclic amines) is 1. The molecule has 1 aliphatic rings. The zero-order valence-corrected chi connectivity index (χ0v) is 17.4. The molecule has 0 spiro atoms. The first-order valence-electron chi connectivity index (χ1n) is 9.36. The zero-order valence-electron chi connectivity index (χ0n) is 17.4. The third-order valence-electron chi connectivity index (χ3n) is 4.68. The summed E-state index contributed by atoms with van der Waals surface area (Å²) >= 11 is 0. The Morgan fingerprint density at radius 1 is 1.14 bits per heavy atom. The lowest BCUT2D eigenvalue weighted by atomic mass is 10.1. The van der Waals surface area contributed by atoms with Crippen molar-refractivity contribution in [1.29, 1.82) is 0 Å². The van der Waals surface area contributed by atoms with Crippen LogP contribution < -0.4 is 9.47 Å². The van der Waals surface area contributed by atoms with Crippen molar-refractivity contribution in [3.05, 3.63) is 29.8 Å². The Morgan fingerprint density at radius 3 is 2.36 bits per heavy atom. The van der Waals surface area contributed by atoms with Crippen LogP contribution in [0.3, 0.4) is 0 Å². The van der Waals surface area contributed by atoms with E-state index in [2.05, 4.69) is 10.2 Å². The van der Waals surface area contributed by atoms with Crippen LogP contribution in [0.5, 0.6) is 11.5 Å². The standard InChI is InChI=1S/C20H28N4O4/c1-13-21-22-18(14-10-11-23(12-14)19(25)28-20(2,3)4)24(13)17-15(26-5)8-7-9-16(17)27-6/h7-9,14H,10-12H2,1-6H3/t14-/m1/s1. The van der Waals surface area contributed by atoms with Gasteiger partial charge >= 0.3 is 6.09 Å². The van der Waals surface area contributed by atoms with E-state index in [4.69, 9.17) is 14.2 Å². The van der Waals surface area contributed by atoms with Crippen LogP contribution in [0, 0.1) is 6.92 Å². The molecule has 1 amide bonds. The molecule has 0 aliphatic carbocycles. The summed E-state index contributed by atoms with van der Waals surface area (Å²) in [6.07, 6.45) is 0.488. The number of nitrogens with zero attached hydrogens (tertiary/aromatic N) is 4. The predicted molar refractivity (Wildman–Crippen MR) is 104 cm³/mol. The van der Waals surface area contributed by atoms with Crippen molar-refractivity contribution >= 4 is 6.09 Å². The van der Waals surface area contributed by atoms with Gasteiger partial charge in [-0.3, -0.25) is 4.57 Å². The molecule has 0 saturated carbocycles. The number of para-hydroxylation sites is 1. The van der Waals surface area contributed by atoms with Crippen LogP contribution in [0.4, 0.5) is 4.79 Å². The minimum absolute atomic E-state index is 0.0448. The van der Waals surface area contributed by atoms with Gasteiger partial charge in [-0.2, -0.15) is 0 Å². The van der Waals surface area contributed by atoms with Gasteiger partial charge in [0.05, 0.1) is 14.2 Å². The molecule has 2 aromatic rings. The highest BCUT2D eigenvalue weighted by Crippen LogP contribution is 2.37. The molecule has 0 N–H and O–H groups in total. The average molecular weight is 388 g/mol. The maximum atomic E-state index is 12.4. The fourth-order valence-electron chi connectivity index (χ4n) is 3.43. The molecule has 0 unspecified atom stereocenters. The Balaban J connectivity index is 1.93. The van der Waals surface area contributed by atoms with Crippen molar-refractivity contribution in [3.63, 3.8) is 0 Å². The van der Waals surface area contributed by atoms with E-state index in [1.165, 1.54) is 0 Å². The van der Waals surface area contributed by atoms with Crippen LogP contribution in [0.2, 0.25) is 0 Å². The summed E-state index contributed by atoms with van der Waals surface area (Å²) in [5, 5.41) is 8.70. The second kappa shape index (κ2) is 7.69. The lowest BCUT2D eigenvalue weighted by Gasteiger charge is -2.24. The summed E-state index contributed by atoms with van der Waals surface area (Å²) < 4.78 is 18.6. The number of amides is 1. The molecular weight excluding hydrogens is 360 g/mol. The second-order valence-corrected chi connectivity index (χ2v) is 7.86. The molecular formula is C20H28N4O4. The number of ether oxygens (including phenoxy) is 3. The number of hydrogen-bond donors (Lipinski definition) is 0. The van der Waals surface area contributed by atoms with Gasteiger partial charge in [0.2, 0.25) is 0 Å². The van der Waals surface area contributed by atoms with Gasteiger partial charge in [0.15, 0.2) is 0 Å². The maximum absolute atomic E-state index is 12.4. The molecule has 1 aromatic heterocycles. The number of aromatic nitrogens is 3. The van der Waals surface area contributed by atoms with Crippen LogP contribution in [-0.4, -0.2) is 58.7 Å². The summed E-state index contributed by atoms with van der Waals surface area (Å²) in [5.74, 6) is 2.90. The smallest absolute Gasteiger partial charge is 0.410 e. The van der Waals surface area contributed by atoms with Gasteiger partial charge in [0, 0.05) is 19.0 Å². The number of benzene rings is 1. The molecule has 1 saturated heterocycles. The molecule has 8 heteroatoms. The maximum Gasteiger partial charge on any atom is 0.410 e. The van der Waals surface area contributed by atoms with E-state index in [1.54, 1.807) is 19.1 Å². The summed E-state index contributed by atoms with van der Waals surface area (Å²) in [6, 6.07) is 5.63. The quantitative estimate of drug-likeness (QED) is 0.799. The SMILES string of the molecule is COc1cccc(OC)c1-n1c(C)nnc1[C@@H]1CCN(C(=O)OC(C)(C)C)C1. The molecule has 0 bridgehead atoms. The molecule has 152 valence electrons. The molecule has 2 heterocycles. The Kier molecular flexibility index (Phi) is 5.49. The van der Waals surface area contributed by atoms with E-state index in [0.29, 0.717) is 24.6 Å². The topological polar surface area (TPSA) is 78.7 Å². The molecule has 1 aromatic carbocycles. The zero-order chi connectivity index (χ0) is 20.5. The van der Waals surface area contributed by atoms with Crippen molar-refractivity contribution in [2.75, 3.05) is 27.3 Å². The van der Waals surface area contributed by atoms with Crippen molar-refractivity contribution in [3.8, 4) is 17.2 Å². The molecule has 1 fully saturated rings. The monoisotopic (exact) mass is 388 g/mol. The summed E-state index contributed by atoms with van der Waals surface area (Å²) in [4.78, 5) is 14.1. The van der Waals surface area contributed by atoms with Crippen molar-refractivity contribution in [2.45, 2.75) is 45.6 Å². The second-order valence-electron chi connectivity index (χ2n) is 7.86. The number of rotatable bonds is 4. The highest BCUT2D eigenvalue weighted by molar-refractivity contribution is 5.68. The van der Waals surface area contributed by atoms with Gasteiger partial charge in [0.25, 0.3) is 0 Å². The van der Waals surface area contributed by atoms with E-state index in [1.807, 2.05) is 50.5 Å². The van der Waals surface area contributed by atoms with Gasteiger partial charge in [-0.1, -0.05) is 6.07 Å². The normalized spacial score (nSPS) is 16.9. The van der Waals surface area contributed by atoms with E-state index in [9.17, 15) is 4.79 Å². The van der Waals surface area contributed by atoms with E-state index < -0.39 is 5.60 Å². The summed E-state index contributed by atoms with van der Waals surface area (Å²) in [5.41, 5.74) is 0.247. The number of carbonyl (C=O) groups excluding carboxylic acids is 1. The fraction of sp³-hybridized carbons (Fsp3) is 0.550. The largest absolute Gasteiger partial charge is 0.494 e. The average Bonchev–Trinajstić information content (AvgIpc) is 3.26. The molecule has 28 heavy (non-hydrogen) atoms. The Bertz CT molecular complexity index is 834. The van der Waals surface area contributed by atoms with Crippen molar-refractivity contribution < 1.29 is 19.0 Å². The van der Waals surface area contributed by atoms with Crippen LogP contribution in [-0.2, 0) is 4.74 Å². The van der Waals surface area contributed by atoms with Gasteiger partial charge in [-0.05, 0) is 46.2 Å². The molecule has 3 rings (SSSR count). The third-order valence-corrected chi connectivity index (χ3v) is 4.68. The highest BCUT2D eigenvalue weighted by Gasteiger charge is 2.34. The lowest BCUT2D eigenvalue weighted by Crippen LogP contribution is -2.35. The highest BCUT2D eigenvalue weighted by atomic mass is 16.6. The first-order chi connectivity index (χ1) is 13.2. The van der Waals surface area contributed by atoms with Gasteiger partial charge < -0.3 is 19.1 Å². The Hall–Kier alpha value is -2.77. The van der Waals surface area contributed by atoms with Crippen LogP contribution in [0.1, 0.15) is 44.8 Å². The third kappa shape index (κ3) is 3.90. The summed E-state index contributed by atoms with van der Waals surface area (Å²) in [7, 11) is 3.24. The molecule has 1 atom stereocenters. The number of carbonyl (C=O) groups is 1. The Labute approximate surface area is 165 Å². The van der Waals surface area contributed by atoms with Crippen LogP contribution >= 0.6 is 0 Å². The predicted octanol–water partition coefficient (Wildman–Crippen LogP) is 3.32. The van der Waals surface area contributed by atoms with Gasteiger partial charge in [-0.15, -0.1) is 10.2 Å². The minimum Gasteiger partial charge on any atom is -0.494 e. The molecule has 1 aliphatic heterocycles. The molecule has 0 radical (unpaired) electrons. The first-order valence-corrected chi connectivity index (χ1v) is 9.36. The van der Waals surface area contributed by atoms with E-state index in [0.717, 1.165) is 23.8 Å². The van der Waals surface area contributed by atoms with Gasteiger partial charge in [-0.25, -0.2) is 4.79 Å². The summed E-state index contributed by atoms with van der Waals surface area (Å²) in [6.45, 7) is 8.65. The fourth-order valence-corrected chi connectivity index (χ4v) is 3.43. The Morgan fingerprint density at radius 2 is 1.79 bits per heavy atom. The molecule has 8 nitrogen and oxygen atoms in total. The number of methoxy groups -OCH3 is 2. The first kappa shape index (κ1) is 20.0. The van der Waals surface area contributed by atoms with E-state index >= 15 is 0 Å². The number of aryl methyl sites for hydroxylation is 1. The number of hydrogen-bond acceptors (Lipinski definition) is 6. The van der Waals surface area contributed by atoms with Crippen molar-refractivity contribution in [1.82, 2.24) is 19.7 Å². The lowest BCUT2D eigenvalue weighted by molar-refractivity contribution is 0.0292. The van der Waals surface area contributed by atoms with Crippen molar-refractivity contribution in [2.24, 2.45) is 0 Å². The minimum atomic E-state index is -0.517. The van der Waals surface area contributed by atoms with Crippen LogP contribution in [0.25, 0.3) is 5.69 Å². The van der Waals surface area contributed by atoms with Gasteiger partial charge in [0.1, 0.15) is 34.4 Å². The van der Waals surface area contributed by atoms with Crippen LogP contribution in [0.15, 0.2) is 18.2 Å².